The molecule has 0 aromatic carbocycles. The van der Waals surface area contributed by atoms with Crippen molar-refractivity contribution in [2.75, 3.05) is 7.11 Å². The van der Waals surface area contributed by atoms with Crippen LogP contribution in [0, 0.1) is 11.8 Å². The van der Waals surface area contributed by atoms with Crippen molar-refractivity contribution in [3.05, 3.63) is 96.2 Å². The highest BCUT2D eigenvalue weighted by atomic mass is 16.5. The summed E-state index contributed by atoms with van der Waals surface area (Å²) in [6, 6.07) is 0. The maximum atomic E-state index is 11.9. The largest absolute Gasteiger partial charge is 0.481 e. The van der Waals surface area contributed by atoms with Gasteiger partial charge in [0.1, 0.15) is 0 Å². The van der Waals surface area contributed by atoms with Crippen LogP contribution in [0.5, 0.6) is 0 Å². The van der Waals surface area contributed by atoms with Crippen molar-refractivity contribution >= 4 is 23.5 Å². The van der Waals surface area contributed by atoms with E-state index in [0.717, 1.165) is 56.1 Å². The van der Waals surface area contributed by atoms with Gasteiger partial charge in [-0.3, -0.25) is 19.2 Å². The molecule has 2 rings (SSSR count). The number of methoxy groups -OCH3 is 1. The third-order valence-electron chi connectivity index (χ3n) is 7.95. The fourth-order valence-electron chi connectivity index (χ4n) is 5.11. The lowest BCUT2D eigenvalue weighted by Gasteiger charge is -2.06. The molecule has 0 aliphatic heterocycles. The van der Waals surface area contributed by atoms with Crippen molar-refractivity contribution < 1.29 is 29.0 Å². The zero-order valence-electron chi connectivity index (χ0n) is 29.0. The second-order valence-corrected chi connectivity index (χ2v) is 11.9. The summed E-state index contributed by atoms with van der Waals surface area (Å²) in [5.74, 6) is -0.361. The summed E-state index contributed by atoms with van der Waals surface area (Å²) in [6.45, 7) is 4.39. The van der Waals surface area contributed by atoms with Gasteiger partial charge in [0, 0.05) is 35.8 Å². The summed E-state index contributed by atoms with van der Waals surface area (Å²) >= 11 is 0. The number of aliphatic carboxylic acids is 1. The third-order valence-corrected chi connectivity index (χ3v) is 7.95. The molecule has 0 saturated carbocycles. The quantitative estimate of drug-likeness (QED) is 0.0544. The maximum Gasteiger partial charge on any atom is 0.305 e. The zero-order valence-corrected chi connectivity index (χ0v) is 29.0. The van der Waals surface area contributed by atoms with Gasteiger partial charge in [0.2, 0.25) is 0 Å². The Morgan fingerprint density at radius 3 is 1.53 bits per heavy atom. The van der Waals surface area contributed by atoms with Crippen molar-refractivity contribution in [1.82, 2.24) is 0 Å². The van der Waals surface area contributed by atoms with E-state index in [1.165, 1.54) is 45.6 Å². The van der Waals surface area contributed by atoms with Crippen LogP contribution >= 0.6 is 0 Å². The molecule has 0 bridgehead atoms. The molecule has 0 heterocycles. The van der Waals surface area contributed by atoms with E-state index in [2.05, 4.69) is 42.9 Å². The zero-order chi connectivity index (χ0) is 34.5. The molecule has 6 heteroatoms. The fraction of sp³-hybridized carbons (Fsp3) is 0.512. The second kappa shape index (κ2) is 27.3. The standard InChI is InChI=1S/C21H30O3.C20H28O3/c1-3-4-5-6-7-11-14-19-18(16-17-20(19)22)13-10-8-9-12-15-21(23)24-2;1-2-3-4-5-6-10-13-18-17(15-16-19(18)21)12-9-7-8-11-14-20(22)23/h7-8,10-11,14,16-18H,3-6,9,12-13,15H2,1-2H3;6-7,9-10,13,15-17H,2-5,8,11-12,14H2,1H3,(H,22,23)/b10-8-,11-7+,19-14+;9-7-,10-6+,18-13+/t18-;17-/m00/s1. The van der Waals surface area contributed by atoms with Gasteiger partial charge in [0.15, 0.2) is 11.6 Å². The first-order chi connectivity index (χ1) is 22.8. The summed E-state index contributed by atoms with van der Waals surface area (Å²) < 4.78 is 4.61. The number of ketones is 2. The van der Waals surface area contributed by atoms with E-state index in [1.807, 2.05) is 48.6 Å². The molecule has 0 unspecified atom stereocenters. The summed E-state index contributed by atoms with van der Waals surface area (Å²) in [4.78, 5) is 45.2. The Hall–Kier alpha value is -3.80. The Morgan fingerprint density at radius 2 is 1.11 bits per heavy atom. The lowest BCUT2D eigenvalue weighted by Crippen LogP contribution is -2.01. The predicted octanol–water partition coefficient (Wildman–Crippen LogP) is 10.1. The second-order valence-electron chi connectivity index (χ2n) is 11.9. The monoisotopic (exact) mass is 646 g/mol. The molecule has 0 aromatic heterocycles. The molecule has 2 atom stereocenters. The van der Waals surface area contributed by atoms with Crippen LogP contribution < -0.4 is 0 Å². The fourth-order valence-corrected chi connectivity index (χ4v) is 5.11. The predicted molar refractivity (Wildman–Crippen MR) is 193 cm³/mol. The van der Waals surface area contributed by atoms with Crippen molar-refractivity contribution in [3.63, 3.8) is 0 Å². The average Bonchev–Trinajstić information content (AvgIpc) is 3.60. The van der Waals surface area contributed by atoms with Crippen LogP contribution in [0.2, 0.25) is 0 Å². The van der Waals surface area contributed by atoms with E-state index < -0.39 is 5.97 Å². The molecule has 0 saturated heterocycles. The first-order valence-electron chi connectivity index (χ1n) is 17.6. The van der Waals surface area contributed by atoms with E-state index in [9.17, 15) is 19.2 Å². The number of carbonyl (C=O) groups is 4. The van der Waals surface area contributed by atoms with Crippen molar-refractivity contribution in [2.45, 2.75) is 117 Å². The third kappa shape index (κ3) is 20.1. The van der Waals surface area contributed by atoms with Crippen molar-refractivity contribution in [1.29, 1.82) is 0 Å². The molecule has 2 aliphatic rings. The number of carboxylic acids is 1. The van der Waals surface area contributed by atoms with Crippen LogP contribution in [0.3, 0.4) is 0 Å². The van der Waals surface area contributed by atoms with E-state index >= 15 is 0 Å². The van der Waals surface area contributed by atoms with Crippen LogP contribution in [0.4, 0.5) is 0 Å². The SMILES string of the molecule is CCCCC/C=C/C=C1/C(=O)C=C[C@@H]1C/C=C\CCCC(=O)O.CCCCC/C=C/C=C1/C(=O)C=C[C@@H]1C/C=C\CCCC(=O)OC. The lowest BCUT2D eigenvalue weighted by molar-refractivity contribution is -0.140. The van der Waals surface area contributed by atoms with Crippen molar-refractivity contribution in [3.8, 4) is 0 Å². The Balaban J connectivity index is 0.000000470. The maximum absolute atomic E-state index is 11.9. The van der Waals surface area contributed by atoms with Gasteiger partial charge in [-0.1, -0.05) is 112 Å². The smallest absolute Gasteiger partial charge is 0.305 e. The molecular weight excluding hydrogens is 588 g/mol. The van der Waals surface area contributed by atoms with Gasteiger partial charge in [0.25, 0.3) is 0 Å². The molecule has 0 fully saturated rings. The van der Waals surface area contributed by atoms with Gasteiger partial charge >= 0.3 is 11.9 Å². The Bertz CT molecular complexity index is 1190. The molecule has 6 nitrogen and oxygen atoms in total. The molecule has 1 N–H and O–H groups in total. The highest BCUT2D eigenvalue weighted by Gasteiger charge is 2.21. The first-order valence-corrected chi connectivity index (χ1v) is 17.6. The number of ether oxygens (including phenoxy) is 1. The minimum absolute atomic E-state index is 0.104. The number of hydrogen-bond donors (Lipinski definition) is 1. The van der Waals surface area contributed by atoms with Crippen LogP contribution in [-0.2, 0) is 23.9 Å². The van der Waals surface area contributed by atoms with Crippen LogP contribution in [0.1, 0.15) is 117 Å². The lowest BCUT2D eigenvalue weighted by atomic mass is 9.97. The summed E-state index contributed by atoms with van der Waals surface area (Å²) in [6.07, 6.45) is 42.6. The number of carboxylic acid groups (broad SMARTS) is 1. The van der Waals surface area contributed by atoms with Gasteiger partial charge in [-0.25, -0.2) is 0 Å². The molecule has 0 radical (unpaired) electrons. The van der Waals surface area contributed by atoms with Gasteiger partial charge in [-0.05, 0) is 76.4 Å². The van der Waals surface area contributed by atoms with Crippen LogP contribution in [-0.4, -0.2) is 35.7 Å². The summed E-state index contributed by atoms with van der Waals surface area (Å²) in [5.41, 5.74) is 1.73. The molecular formula is C41H58O6. The molecule has 258 valence electrons. The number of esters is 1. The number of allylic oxidation sites excluding steroid dienone is 16. The van der Waals surface area contributed by atoms with Gasteiger partial charge < -0.3 is 9.84 Å². The van der Waals surface area contributed by atoms with E-state index in [0.29, 0.717) is 12.8 Å². The molecule has 0 amide bonds. The normalized spacial score (nSPS) is 19.4. The van der Waals surface area contributed by atoms with Gasteiger partial charge in [0.05, 0.1) is 7.11 Å². The van der Waals surface area contributed by atoms with Crippen LogP contribution in [0.15, 0.2) is 96.2 Å². The average molecular weight is 647 g/mol. The molecule has 0 spiro atoms. The number of hydrogen-bond acceptors (Lipinski definition) is 5. The highest BCUT2D eigenvalue weighted by molar-refractivity contribution is 6.08. The van der Waals surface area contributed by atoms with Crippen LogP contribution in [0.25, 0.3) is 0 Å². The molecule has 47 heavy (non-hydrogen) atoms. The van der Waals surface area contributed by atoms with E-state index in [-0.39, 0.29) is 35.8 Å². The number of rotatable bonds is 22. The van der Waals surface area contributed by atoms with Gasteiger partial charge in [-0.2, -0.15) is 0 Å². The minimum atomic E-state index is -0.751. The number of carbonyl (C=O) groups excluding carboxylic acids is 3. The first kappa shape index (κ1) is 41.2. The molecule has 2 aliphatic carbocycles. The van der Waals surface area contributed by atoms with E-state index in [1.54, 1.807) is 12.2 Å². The molecule has 0 aromatic rings. The van der Waals surface area contributed by atoms with Crippen molar-refractivity contribution in [2.24, 2.45) is 11.8 Å². The topological polar surface area (TPSA) is 97.7 Å². The Kier molecular flexibility index (Phi) is 24.0. The highest BCUT2D eigenvalue weighted by Crippen LogP contribution is 2.26. The Morgan fingerprint density at radius 1 is 0.660 bits per heavy atom. The summed E-state index contributed by atoms with van der Waals surface area (Å²) in [7, 11) is 1.41. The number of unbranched alkanes of at least 4 members (excludes halogenated alkanes) is 8. The summed E-state index contributed by atoms with van der Waals surface area (Å²) in [5, 5.41) is 8.57. The van der Waals surface area contributed by atoms with E-state index in [4.69, 9.17) is 5.11 Å². The van der Waals surface area contributed by atoms with Gasteiger partial charge in [-0.15, -0.1) is 0 Å². The Labute approximate surface area is 283 Å². The minimum Gasteiger partial charge on any atom is -0.481 e.